The van der Waals surface area contributed by atoms with Crippen molar-refractivity contribution >= 4 is 5.91 Å². The summed E-state index contributed by atoms with van der Waals surface area (Å²) in [4.78, 5) is 17.1. The van der Waals surface area contributed by atoms with Crippen LogP contribution in [0.4, 0.5) is 0 Å². The standard InChI is InChI=1S/C14H27N3O/c1-11(2)16-8-5-4-6-13(16)17-9-7-15-10-12(3)14(17)18/h11-13,15H,4-10H2,1-3H3. The van der Waals surface area contributed by atoms with Gasteiger partial charge in [0.05, 0.1) is 6.17 Å². The molecule has 0 saturated carbocycles. The maximum Gasteiger partial charge on any atom is 0.227 e. The van der Waals surface area contributed by atoms with Crippen molar-refractivity contribution in [2.45, 2.75) is 52.2 Å². The Bertz CT molecular complexity index is 293. The first kappa shape index (κ1) is 13.8. The van der Waals surface area contributed by atoms with Gasteiger partial charge >= 0.3 is 0 Å². The molecule has 2 unspecified atom stereocenters. The highest BCUT2D eigenvalue weighted by Gasteiger charge is 2.34. The van der Waals surface area contributed by atoms with Gasteiger partial charge in [0.15, 0.2) is 0 Å². The van der Waals surface area contributed by atoms with Crippen LogP contribution in [0, 0.1) is 5.92 Å². The summed E-state index contributed by atoms with van der Waals surface area (Å²) in [6, 6.07) is 0.523. The van der Waals surface area contributed by atoms with Crippen molar-refractivity contribution in [2.75, 3.05) is 26.2 Å². The van der Waals surface area contributed by atoms with Gasteiger partial charge in [0.25, 0.3) is 0 Å². The molecular weight excluding hydrogens is 226 g/mol. The van der Waals surface area contributed by atoms with Crippen LogP contribution in [-0.4, -0.2) is 54.1 Å². The van der Waals surface area contributed by atoms with Crippen molar-refractivity contribution in [3.8, 4) is 0 Å². The zero-order valence-corrected chi connectivity index (χ0v) is 12.0. The zero-order valence-electron chi connectivity index (χ0n) is 12.0. The van der Waals surface area contributed by atoms with Gasteiger partial charge in [-0.1, -0.05) is 6.92 Å². The average molecular weight is 253 g/mol. The van der Waals surface area contributed by atoms with E-state index in [4.69, 9.17) is 0 Å². The summed E-state index contributed by atoms with van der Waals surface area (Å²) < 4.78 is 0. The van der Waals surface area contributed by atoms with Gasteiger partial charge in [0.2, 0.25) is 5.91 Å². The fourth-order valence-electron chi connectivity index (χ4n) is 3.17. The second kappa shape index (κ2) is 6.02. The predicted octanol–water partition coefficient (Wildman–Crippen LogP) is 1.27. The molecule has 0 aliphatic carbocycles. The number of amides is 1. The predicted molar refractivity (Wildman–Crippen MR) is 73.2 cm³/mol. The number of hydrogen-bond donors (Lipinski definition) is 1. The van der Waals surface area contributed by atoms with Crippen molar-refractivity contribution in [2.24, 2.45) is 5.92 Å². The highest BCUT2D eigenvalue weighted by molar-refractivity contribution is 5.79. The number of likely N-dealkylation sites (tertiary alicyclic amines) is 1. The lowest BCUT2D eigenvalue weighted by atomic mass is 10.0. The molecule has 1 amide bonds. The molecule has 104 valence electrons. The largest absolute Gasteiger partial charge is 0.325 e. The topological polar surface area (TPSA) is 35.6 Å². The lowest BCUT2D eigenvalue weighted by molar-refractivity contribution is -0.142. The number of nitrogens with zero attached hydrogens (tertiary/aromatic N) is 2. The monoisotopic (exact) mass is 253 g/mol. The van der Waals surface area contributed by atoms with Crippen molar-refractivity contribution in [3.05, 3.63) is 0 Å². The third-order valence-electron chi connectivity index (χ3n) is 4.22. The zero-order chi connectivity index (χ0) is 13.1. The van der Waals surface area contributed by atoms with Crippen LogP contribution in [0.2, 0.25) is 0 Å². The van der Waals surface area contributed by atoms with Gasteiger partial charge in [0, 0.05) is 38.1 Å². The van der Waals surface area contributed by atoms with E-state index in [-0.39, 0.29) is 5.92 Å². The molecule has 2 rings (SSSR count). The van der Waals surface area contributed by atoms with Crippen molar-refractivity contribution in [1.29, 1.82) is 0 Å². The number of nitrogens with one attached hydrogen (secondary N) is 1. The van der Waals surface area contributed by atoms with E-state index >= 15 is 0 Å². The Hall–Kier alpha value is -0.610. The molecule has 4 nitrogen and oxygen atoms in total. The van der Waals surface area contributed by atoms with Gasteiger partial charge in [0.1, 0.15) is 0 Å². The Morgan fingerprint density at radius 2 is 2.06 bits per heavy atom. The number of carbonyl (C=O) groups excluding carboxylic acids is 1. The lowest BCUT2D eigenvalue weighted by Crippen LogP contribution is -2.56. The SMILES string of the molecule is CC1CNCCN(C2CCCCN2C(C)C)C1=O. The minimum absolute atomic E-state index is 0.114. The number of hydrogen-bond acceptors (Lipinski definition) is 3. The molecular formula is C14H27N3O. The smallest absolute Gasteiger partial charge is 0.227 e. The van der Waals surface area contributed by atoms with E-state index in [9.17, 15) is 4.79 Å². The average Bonchev–Trinajstić information content (AvgIpc) is 2.53. The molecule has 2 heterocycles. The summed E-state index contributed by atoms with van der Waals surface area (Å²) in [5, 5.41) is 3.36. The van der Waals surface area contributed by atoms with Crippen molar-refractivity contribution in [3.63, 3.8) is 0 Å². The summed E-state index contributed by atoms with van der Waals surface area (Å²) in [6.45, 7) is 10.3. The maximum atomic E-state index is 12.5. The van der Waals surface area contributed by atoms with Gasteiger partial charge in [-0.25, -0.2) is 0 Å². The minimum atomic E-state index is 0.114. The van der Waals surface area contributed by atoms with Crippen LogP contribution in [-0.2, 0) is 4.79 Å². The second-order valence-corrected chi connectivity index (χ2v) is 5.94. The Morgan fingerprint density at radius 1 is 1.28 bits per heavy atom. The first-order valence-corrected chi connectivity index (χ1v) is 7.38. The molecule has 2 fully saturated rings. The van der Waals surface area contributed by atoms with Gasteiger partial charge in [-0.05, 0) is 33.1 Å². The third kappa shape index (κ3) is 2.86. The summed E-state index contributed by atoms with van der Waals surface area (Å²) in [6.07, 6.45) is 3.98. The van der Waals surface area contributed by atoms with Crippen molar-refractivity contribution in [1.82, 2.24) is 15.1 Å². The van der Waals surface area contributed by atoms with E-state index in [0.29, 0.717) is 18.1 Å². The van der Waals surface area contributed by atoms with Crippen LogP contribution >= 0.6 is 0 Å². The molecule has 0 spiro atoms. The number of piperidine rings is 1. The number of rotatable bonds is 2. The molecule has 0 radical (unpaired) electrons. The van der Waals surface area contributed by atoms with E-state index in [1.165, 1.54) is 12.8 Å². The van der Waals surface area contributed by atoms with Gasteiger partial charge in [-0.2, -0.15) is 0 Å². The lowest BCUT2D eigenvalue weighted by Gasteiger charge is -2.44. The Labute approximate surface area is 111 Å². The van der Waals surface area contributed by atoms with E-state index in [2.05, 4.69) is 29.0 Å². The Balaban J connectivity index is 2.13. The molecule has 0 bridgehead atoms. The first-order chi connectivity index (χ1) is 8.61. The molecule has 1 N–H and O–H groups in total. The number of carbonyl (C=O) groups is 1. The van der Waals surface area contributed by atoms with Crippen LogP contribution < -0.4 is 5.32 Å². The molecule has 2 saturated heterocycles. The van der Waals surface area contributed by atoms with E-state index in [1.807, 2.05) is 6.92 Å². The van der Waals surface area contributed by atoms with E-state index in [0.717, 1.165) is 32.6 Å². The van der Waals surface area contributed by atoms with Crippen LogP contribution in [0.3, 0.4) is 0 Å². The summed E-state index contributed by atoms with van der Waals surface area (Å²) in [5.41, 5.74) is 0. The van der Waals surface area contributed by atoms with Crippen LogP contribution in [0.15, 0.2) is 0 Å². The molecule has 0 aromatic carbocycles. The first-order valence-electron chi connectivity index (χ1n) is 7.38. The second-order valence-electron chi connectivity index (χ2n) is 5.94. The van der Waals surface area contributed by atoms with Crippen LogP contribution in [0.25, 0.3) is 0 Å². The maximum absolute atomic E-state index is 12.5. The van der Waals surface area contributed by atoms with Crippen molar-refractivity contribution < 1.29 is 4.79 Å². The fraction of sp³-hybridized carbons (Fsp3) is 0.929. The fourth-order valence-corrected chi connectivity index (χ4v) is 3.17. The van der Waals surface area contributed by atoms with Gasteiger partial charge in [-0.3, -0.25) is 9.69 Å². The van der Waals surface area contributed by atoms with Crippen LogP contribution in [0.5, 0.6) is 0 Å². The highest BCUT2D eigenvalue weighted by Crippen LogP contribution is 2.24. The summed E-state index contributed by atoms with van der Waals surface area (Å²) >= 11 is 0. The summed E-state index contributed by atoms with van der Waals surface area (Å²) in [5.74, 6) is 0.445. The molecule has 4 heteroatoms. The minimum Gasteiger partial charge on any atom is -0.325 e. The summed E-state index contributed by atoms with van der Waals surface area (Å²) in [7, 11) is 0. The van der Waals surface area contributed by atoms with Crippen LogP contribution in [0.1, 0.15) is 40.0 Å². The molecule has 18 heavy (non-hydrogen) atoms. The Morgan fingerprint density at radius 3 is 2.78 bits per heavy atom. The van der Waals surface area contributed by atoms with Gasteiger partial charge in [-0.15, -0.1) is 0 Å². The quantitative estimate of drug-likeness (QED) is 0.805. The van der Waals surface area contributed by atoms with Gasteiger partial charge < -0.3 is 10.2 Å². The molecule has 2 aliphatic heterocycles. The molecule has 2 atom stereocenters. The van der Waals surface area contributed by atoms with E-state index < -0.39 is 0 Å². The van der Waals surface area contributed by atoms with E-state index in [1.54, 1.807) is 0 Å². The third-order valence-corrected chi connectivity index (χ3v) is 4.22. The molecule has 0 aromatic heterocycles. The Kier molecular flexibility index (Phi) is 4.62. The molecule has 0 aromatic rings. The molecule has 2 aliphatic rings. The normalized spacial score (nSPS) is 31.8. The highest BCUT2D eigenvalue weighted by atomic mass is 16.2.